The number of nitrogens with zero attached hydrogens (tertiary/aromatic N) is 3. The molecule has 0 aliphatic heterocycles. The third kappa shape index (κ3) is 6.29. The lowest BCUT2D eigenvalue weighted by Crippen LogP contribution is -2.38. The van der Waals surface area contributed by atoms with Gasteiger partial charge in [-0.2, -0.15) is 0 Å². The van der Waals surface area contributed by atoms with E-state index in [1.54, 1.807) is 30.5 Å². The molecule has 10 nitrogen and oxygen atoms in total. The topological polar surface area (TPSA) is 134 Å². The molecule has 188 valence electrons. The van der Waals surface area contributed by atoms with E-state index in [-0.39, 0.29) is 31.5 Å². The molecule has 0 saturated carbocycles. The van der Waals surface area contributed by atoms with Crippen LogP contribution in [0.2, 0.25) is 0 Å². The molecule has 0 spiro atoms. The maximum atomic E-state index is 14.5. The van der Waals surface area contributed by atoms with Crippen molar-refractivity contribution in [1.29, 1.82) is 0 Å². The van der Waals surface area contributed by atoms with E-state index in [1.807, 2.05) is 0 Å². The monoisotopic (exact) mass is 519 g/mol. The average Bonchev–Trinajstić information content (AvgIpc) is 3.31. The van der Waals surface area contributed by atoms with Crippen LogP contribution in [0.15, 0.2) is 65.4 Å². The molecular weight excluding hydrogens is 497 g/mol. The number of nitrogens with two attached hydrogens (primary N) is 1. The highest BCUT2D eigenvalue weighted by molar-refractivity contribution is 7.47. The first-order valence-corrected chi connectivity index (χ1v) is 12.0. The standard InChI is InChI=1S/C23H21F2N4O6P/c1-32-36(30,31)34-14-29-7-3-6-19(22(29)26)21-11-18(28-35-21)9-16-10-20(25)23(27-12-16)33-13-15-4-2-5-17(24)8-15/h2-8,10-12,26H,9,13-14H2,1H3,(H,30,31)/p+1. The second-order valence-corrected chi connectivity index (χ2v) is 9.16. The van der Waals surface area contributed by atoms with E-state index in [0.717, 1.165) is 7.11 Å². The van der Waals surface area contributed by atoms with Crippen LogP contribution in [0, 0.1) is 11.6 Å². The van der Waals surface area contributed by atoms with E-state index in [1.165, 1.54) is 35.0 Å². The summed E-state index contributed by atoms with van der Waals surface area (Å²) < 4.78 is 60.7. The summed E-state index contributed by atoms with van der Waals surface area (Å²) in [5.74, 6) is -0.746. The Balaban J connectivity index is 1.43. The first-order valence-electron chi connectivity index (χ1n) is 10.5. The van der Waals surface area contributed by atoms with Gasteiger partial charge in [0.05, 0.1) is 11.9 Å². The maximum Gasteiger partial charge on any atom is 0.475 e. The molecule has 4 aromatic rings. The Kier molecular flexibility index (Phi) is 7.70. The lowest BCUT2D eigenvalue weighted by Gasteiger charge is -2.09. The van der Waals surface area contributed by atoms with Crippen molar-refractivity contribution in [2.45, 2.75) is 19.8 Å². The summed E-state index contributed by atoms with van der Waals surface area (Å²) >= 11 is 0. The van der Waals surface area contributed by atoms with Gasteiger partial charge >= 0.3 is 7.82 Å². The predicted molar refractivity (Wildman–Crippen MR) is 122 cm³/mol. The number of ether oxygens (including phenoxy) is 1. The number of phosphoric ester groups is 1. The van der Waals surface area contributed by atoms with E-state index in [9.17, 15) is 18.2 Å². The minimum Gasteiger partial charge on any atom is -0.471 e. The van der Waals surface area contributed by atoms with Crippen molar-refractivity contribution in [2.75, 3.05) is 12.8 Å². The maximum absolute atomic E-state index is 14.5. The van der Waals surface area contributed by atoms with E-state index >= 15 is 0 Å². The molecule has 1 unspecified atom stereocenters. The first-order chi connectivity index (χ1) is 17.2. The summed E-state index contributed by atoms with van der Waals surface area (Å²) in [5, 5.41) is 4.00. The summed E-state index contributed by atoms with van der Waals surface area (Å²) in [5.41, 5.74) is 8.18. The number of rotatable bonds is 10. The molecule has 0 bridgehead atoms. The lowest BCUT2D eigenvalue weighted by atomic mass is 10.1. The van der Waals surface area contributed by atoms with E-state index < -0.39 is 19.5 Å². The Labute approximate surface area is 204 Å². The molecule has 0 aliphatic rings. The molecule has 0 amide bonds. The van der Waals surface area contributed by atoms with E-state index in [2.05, 4.69) is 14.7 Å². The van der Waals surface area contributed by atoms with Crippen molar-refractivity contribution >= 4 is 13.6 Å². The molecule has 3 N–H and O–H groups in total. The number of phosphoric acid groups is 1. The fraction of sp³-hybridized carbons (Fsp3) is 0.174. The summed E-state index contributed by atoms with van der Waals surface area (Å²) in [7, 11) is -3.13. The van der Waals surface area contributed by atoms with Gasteiger partial charge in [-0.25, -0.2) is 27.4 Å². The Morgan fingerprint density at radius 2 is 2.00 bits per heavy atom. The van der Waals surface area contributed by atoms with Crippen LogP contribution in [0.3, 0.4) is 0 Å². The van der Waals surface area contributed by atoms with Gasteiger partial charge in [-0.15, -0.1) is 0 Å². The van der Waals surface area contributed by atoms with Crippen molar-refractivity contribution in [2.24, 2.45) is 0 Å². The SMILES string of the molecule is COP(=O)(O)OC[n+]1cccc(-c2cc(Cc3cnc(OCc4cccc(F)c4)c(F)c3)no2)c1N. The number of pyridine rings is 2. The molecular formula is C23H22F2N4O6P+. The number of hydrogen-bond acceptors (Lipinski definition) is 8. The molecule has 1 atom stereocenters. The minimum atomic E-state index is -4.18. The van der Waals surface area contributed by atoms with Crippen molar-refractivity contribution < 1.29 is 41.1 Å². The fourth-order valence-electron chi connectivity index (χ4n) is 3.25. The summed E-state index contributed by atoms with van der Waals surface area (Å²) in [6, 6.07) is 12.0. The van der Waals surface area contributed by atoms with Crippen LogP contribution in [0.25, 0.3) is 11.3 Å². The predicted octanol–water partition coefficient (Wildman–Crippen LogP) is 3.78. The molecule has 3 heterocycles. The third-order valence-electron chi connectivity index (χ3n) is 5.04. The van der Waals surface area contributed by atoms with Gasteiger partial charge in [-0.05, 0) is 41.5 Å². The zero-order valence-electron chi connectivity index (χ0n) is 19.0. The van der Waals surface area contributed by atoms with Gasteiger partial charge in [0.25, 0.3) is 11.7 Å². The van der Waals surface area contributed by atoms with Crippen molar-refractivity contribution in [1.82, 2.24) is 10.1 Å². The van der Waals surface area contributed by atoms with E-state index in [0.29, 0.717) is 28.1 Å². The Bertz CT molecular complexity index is 1420. The second-order valence-electron chi connectivity index (χ2n) is 7.59. The molecule has 36 heavy (non-hydrogen) atoms. The van der Waals surface area contributed by atoms with Gasteiger partial charge in [0.15, 0.2) is 11.6 Å². The normalized spacial score (nSPS) is 12.9. The smallest absolute Gasteiger partial charge is 0.471 e. The number of aromatic nitrogens is 3. The number of halogens is 2. The van der Waals surface area contributed by atoms with Crippen LogP contribution in [0.1, 0.15) is 16.8 Å². The number of anilines is 1. The highest BCUT2D eigenvalue weighted by Crippen LogP contribution is 2.41. The molecule has 0 saturated heterocycles. The highest BCUT2D eigenvalue weighted by atomic mass is 31.2. The zero-order chi connectivity index (χ0) is 25.7. The molecule has 0 fully saturated rings. The Morgan fingerprint density at radius 3 is 2.75 bits per heavy atom. The van der Waals surface area contributed by atoms with Gasteiger partial charge in [0.2, 0.25) is 6.73 Å². The quantitative estimate of drug-likeness (QED) is 0.237. The molecule has 0 radical (unpaired) electrons. The third-order valence-corrected chi connectivity index (χ3v) is 5.95. The largest absolute Gasteiger partial charge is 0.475 e. The van der Waals surface area contributed by atoms with Gasteiger partial charge in [0, 0.05) is 25.8 Å². The summed E-state index contributed by atoms with van der Waals surface area (Å²) in [6.45, 7) is -0.362. The molecule has 3 aromatic heterocycles. The van der Waals surface area contributed by atoms with Crippen LogP contribution >= 0.6 is 7.82 Å². The van der Waals surface area contributed by atoms with Crippen molar-refractivity contribution in [3.63, 3.8) is 0 Å². The second kappa shape index (κ2) is 10.9. The van der Waals surface area contributed by atoms with Crippen LogP contribution in [0.4, 0.5) is 14.6 Å². The Morgan fingerprint density at radius 1 is 1.17 bits per heavy atom. The molecule has 1 aromatic carbocycles. The van der Waals surface area contributed by atoms with Gasteiger partial charge in [-0.3, -0.25) is 10.3 Å². The van der Waals surface area contributed by atoms with Crippen LogP contribution in [-0.2, 0) is 33.4 Å². The molecule has 13 heteroatoms. The number of benzene rings is 1. The van der Waals surface area contributed by atoms with Gasteiger partial charge in [-0.1, -0.05) is 17.3 Å². The van der Waals surface area contributed by atoms with E-state index in [4.69, 9.17) is 19.5 Å². The van der Waals surface area contributed by atoms with Gasteiger partial charge in [0.1, 0.15) is 18.0 Å². The molecule has 0 aliphatic carbocycles. The van der Waals surface area contributed by atoms with Crippen LogP contribution in [-0.4, -0.2) is 22.1 Å². The Hall–Kier alpha value is -3.70. The number of hydrogen-bond donors (Lipinski definition) is 2. The molecule has 4 rings (SSSR count). The van der Waals surface area contributed by atoms with Crippen molar-refractivity contribution in [3.8, 4) is 17.2 Å². The fourth-order valence-corrected chi connectivity index (χ4v) is 3.63. The van der Waals surface area contributed by atoms with Crippen molar-refractivity contribution in [3.05, 3.63) is 89.4 Å². The lowest BCUT2D eigenvalue weighted by molar-refractivity contribution is -0.711. The zero-order valence-corrected chi connectivity index (χ0v) is 19.9. The van der Waals surface area contributed by atoms with Gasteiger partial charge < -0.3 is 14.2 Å². The summed E-state index contributed by atoms with van der Waals surface area (Å²) in [4.78, 5) is 13.4. The van der Waals surface area contributed by atoms with Crippen LogP contribution < -0.4 is 15.0 Å². The minimum absolute atomic E-state index is 0.0292. The summed E-state index contributed by atoms with van der Waals surface area (Å²) in [6.07, 6.45) is 3.22. The first kappa shape index (κ1) is 25.4. The average molecular weight is 519 g/mol. The number of nitrogen functional groups attached to an aromatic ring is 1. The van der Waals surface area contributed by atoms with Crippen LogP contribution in [0.5, 0.6) is 5.88 Å². The highest BCUT2D eigenvalue weighted by Gasteiger charge is 2.23.